The van der Waals surface area contributed by atoms with E-state index in [0.717, 1.165) is 18.0 Å². The van der Waals surface area contributed by atoms with Crippen molar-refractivity contribution < 1.29 is 0 Å². The van der Waals surface area contributed by atoms with Gasteiger partial charge < -0.3 is 5.32 Å². The number of hydrogen-bond acceptors (Lipinski definition) is 1. The zero-order chi connectivity index (χ0) is 12.5. The molecule has 0 aliphatic carbocycles. The molecule has 0 bridgehead atoms. The van der Waals surface area contributed by atoms with E-state index >= 15 is 0 Å². The molecule has 0 spiro atoms. The summed E-state index contributed by atoms with van der Waals surface area (Å²) in [5.41, 5.74) is 5.46. The molecule has 2 heteroatoms. The Kier molecular flexibility index (Phi) is 3.11. The predicted molar refractivity (Wildman–Crippen MR) is 76.2 cm³/mol. The highest BCUT2D eigenvalue weighted by Crippen LogP contribution is 2.30. The molecule has 92 valence electrons. The zero-order valence-electron chi connectivity index (χ0n) is 10.4. The van der Waals surface area contributed by atoms with Gasteiger partial charge in [-0.2, -0.15) is 0 Å². The minimum Gasteiger partial charge on any atom is -0.306 e. The molecule has 0 saturated heterocycles. The second-order valence-corrected chi connectivity index (χ2v) is 5.33. The molecule has 0 fully saturated rings. The number of nitrogens with one attached hydrogen (secondary N) is 1. The lowest BCUT2D eigenvalue weighted by Gasteiger charge is -2.27. The maximum Gasteiger partial charge on any atom is 0.0579 e. The van der Waals surface area contributed by atoms with Gasteiger partial charge in [-0.05, 0) is 42.2 Å². The van der Waals surface area contributed by atoms with Crippen molar-refractivity contribution in [2.45, 2.75) is 19.4 Å². The monoisotopic (exact) mass is 257 g/mol. The molecule has 1 unspecified atom stereocenters. The summed E-state index contributed by atoms with van der Waals surface area (Å²) in [5, 5.41) is 4.39. The van der Waals surface area contributed by atoms with E-state index in [1.54, 1.807) is 0 Å². The molecule has 2 aromatic rings. The van der Waals surface area contributed by atoms with Crippen LogP contribution in [0, 0.1) is 6.92 Å². The highest BCUT2D eigenvalue weighted by molar-refractivity contribution is 6.30. The number of aryl methyl sites for hydroxylation is 1. The van der Waals surface area contributed by atoms with Gasteiger partial charge in [-0.25, -0.2) is 0 Å². The Morgan fingerprint density at radius 3 is 2.67 bits per heavy atom. The highest BCUT2D eigenvalue weighted by Gasteiger charge is 2.20. The lowest BCUT2D eigenvalue weighted by Crippen LogP contribution is -2.30. The summed E-state index contributed by atoms with van der Waals surface area (Å²) in [6, 6.07) is 15.2. The maximum absolute atomic E-state index is 5.96. The predicted octanol–water partition coefficient (Wildman–Crippen LogP) is 3.88. The Morgan fingerprint density at radius 2 is 1.89 bits per heavy atom. The van der Waals surface area contributed by atoms with E-state index in [2.05, 4.69) is 42.6 Å². The van der Waals surface area contributed by atoms with Gasteiger partial charge in [0, 0.05) is 11.6 Å². The van der Waals surface area contributed by atoms with Gasteiger partial charge in [0.2, 0.25) is 0 Å². The Labute approximate surface area is 113 Å². The van der Waals surface area contributed by atoms with Gasteiger partial charge >= 0.3 is 0 Å². The third kappa shape index (κ3) is 2.16. The summed E-state index contributed by atoms with van der Waals surface area (Å²) in [7, 11) is 0. The maximum atomic E-state index is 5.96. The second-order valence-electron chi connectivity index (χ2n) is 4.89. The first-order valence-electron chi connectivity index (χ1n) is 6.32. The number of hydrogen-bond donors (Lipinski definition) is 1. The van der Waals surface area contributed by atoms with Gasteiger partial charge in [-0.1, -0.05) is 47.5 Å². The molecular formula is C16H16ClN. The van der Waals surface area contributed by atoms with Crippen LogP contribution in [0.4, 0.5) is 0 Å². The van der Waals surface area contributed by atoms with Crippen LogP contribution in [0.1, 0.15) is 28.3 Å². The molecule has 0 amide bonds. The fourth-order valence-corrected chi connectivity index (χ4v) is 2.75. The van der Waals surface area contributed by atoms with Gasteiger partial charge in [-0.3, -0.25) is 0 Å². The minimum atomic E-state index is 0.297. The lowest BCUT2D eigenvalue weighted by molar-refractivity contribution is 0.567. The quantitative estimate of drug-likeness (QED) is 0.818. The fourth-order valence-electron chi connectivity index (χ4n) is 2.62. The van der Waals surface area contributed by atoms with E-state index in [-0.39, 0.29) is 0 Å². The van der Waals surface area contributed by atoms with Gasteiger partial charge in [0.25, 0.3) is 0 Å². The first-order valence-corrected chi connectivity index (χ1v) is 6.70. The summed E-state index contributed by atoms with van der Waals surface area (Å²) >= 11 is 5.96. The van der Waals surface area contributed by atoms with Crippen LogP contribution in [0.5, 0.6) is 0 Å². The minimum absolute atomic E-state index is 0.297. The third-order valence-electron chi connectivity index (χ3n) is 3.56. The lowest BCUT2D eigenvalue weighted by atomic mass is 9.89. The Balaban J connectivity index is 2.05. The molecule has 2 aromatic carbocycles. The topological polar surface area (TPSA) is 12.0 Å². The molecule has 18 heavy (non-hydrogen) atoms. The van der Waals surface area contributed by atoms with Crippen LogP contribution in [0.2, 0.25) is 5.02 Å². The zero-order valence-corrected chi connectivity index (χ0v) is 11.2. The van der Waals surface area contributed by atoms with Crippen LogP contribution in [0.25, 0.3) is 0 Å². The summed E-state index contributed by atoms with van der Waals surface area (Å²) in [5.74, 6) is 0. The number of benzene rings is 2. The van der Waals surface area contributed by atoms with Gasteiger partial charge in [0.05, 0.1) is 6.04 Å². The van der Waals surface area contributed by atoms with Crippen LogP contribution < -0.4 is 5.32 Å². The van der Waals surface area contributed by atoms with Crippen LogP contribution >= 0.6 is 11.6 Å². The van der Waals surface area contributed by atoms with Crippen LogP contribution in [-0.2, 0) is 6.42 Å². The van der Waals surface area contributed by atoms with E-state index in [1.165, 1.54) is 22.3 Å². The summed E-state index contributed by atoms with van der Waals surface area (Å²) in [4.78, 5) is 0. The Morgan fingerprint density at radius 1 is 1.11 bits per heavy atom. The van der Waals surface area contributed by atoms with Gasteiger partial charge in [-0.15, -0.1) is 0 Å². The normalized spacial score (nSPS) is 18.4. The molecule has 1 heterocycles. The average Bonchev–Trinajstić information content (AvgIpc) is 2.39. The molecule has 0 aromatic heterocycles. The number of halogens is 1. The third-order valence-corrected chi connectivity index (χ3v) is 3.81. The summed E-state index contributed by atoms with van der Waals surface area (Å²) in [6.07, 6.45) is 1.11. The first-order chi connectivity index (χ1) is 8.74. The number of fused-ring (bicyclic) bond motifs is 1. The van der Waals surface area contributed by atoms with Crippen LogP contribution in [-0.4, -0.2) is 6.54 Å². The molecule has 1 aliphatic rings. The molecule has 1 aliphatic heterocycles. The van der Waals surface area contributed by atoms with Gasteiger partial charge in [0.1, 0.15) is 0 Å². The van der Waals surface area contributed by atoms with Crippen molar-refractivity contribution in [2.75, 3.05) is 6.54 Å². The van der Waals surface area contributed by atoms with Gasteiger partial charge in [0.15, 0.2) is 0 Å². The SMILES string of the molecule is Cc1ccc2c(c1)C(c1ccc(Cl)cc1)NCC2. The highest BCUT2D eigenvalue weighted by atomic mass is 35.5. The molecule has 0 radical (unpaired) electrons. The van der Waals surface area contributed by atoms with E-state index < -0.39 is 0 Å². The average molecular weight is 258 g/mol. The van der Waals surface area contributed by atoms with E-state index in [0.29, 0.717) is 6.04 Å². The van der Waals surface area contributed by atoms with Crippen molar-refractivity contribution in [3.05, 3.63) is 69.7 Å². The van der Waals surface area contributed by atoms with Crippen molar-refractivity contribution in [3.63, 3.8) is 0 Å². The van der Waals surface area contributed by atoms with Crippen molar-refractivity contribution in [1.29, 1.82) is 0 Å². The second kappa shape index (κ2) is 4.75. The van der Waals surface area contributed by atoms with Crippen molar-refractivity contribution >= 4 is 11.6 Å². The van der Waals surface area contributed by atoms with Crippen molar-refractivity contribution in [2.24, 2.45) is 0 Å². The van der Waals surface area contributed by atoms with Crippen LogP contribution in [0.15, 0.2) is 42.5 Å². The Hall–Kier alpha value is -1.31. The number of rotatable bonds is 1. The van der Waals surface area contributed by atoms with E-state index in [9.17, 15) is 0 Å². The fraction of sp³-hybridized carbons (Fsp3) is 0.250. The van der Waals surface area contributed by atoms with Crippen molar-refractivity contribution in [1.82, 2.24) is 5.32 Å². The molecule has 1 nitrogen and oxygen atoms in total. The molecule has 3 rings (SSSR count). The summed E-state index contributed by atoms with van der Waals surface area (Å²) in [6.45, 7) is 3.18. The van der Waals surface area contributed by atoms with E-state index in [1.807, 2.05) is 12.1 Å². The smallest absolute Gasteiger partial charge is 0.0579 e. The van der Waals surface area contributed by atoms with Crippen molar-refractivity contribution in [3.8, 4) is 0 Å². The first kappa shape index (κ1) is 11.8. The Bertz CT molecular complexity index is 560. The largest absolute Gasteiger partial charge is 0.306 e. The molecular weight excluding hydrogens is 242 g/mol. The van der Waals surface area contributed by atoms with E-state index in [4.69, 9.17) is 11.6 Å². The molecule has 0 saturated carbocycles. The summed E-state index contributed by atoms with van der Waals surface area (Å²) < 4.78 is 0. The molecule has 1 N–H and O–H groups in total. The van der Waals surface area contributed by atoms with Crippen LogP contribution in [0.3, 0.4) is 0 Å². The standard InChI is InChI=1S/C16H16ClN/c1-11-2-3-12-8-9-18-16(15(12)10-11)13-4-6-14(17)7-5-13/h2-7,10,16,18H,8-9H2,1H3. The molecule has 1 atom stereocenters.